The molecule has 0 saturated carbocycles. The molecule has 1 N–H and O–H groups in total. The van der Waals surface area contributed by atoms with Crippen LogP contribution in [0.25, 0.3) is 0 Å². The van der Waals surface area contributed by atoms with Gasteiger partial charge >= 0.3 is 0 Å². The Labute approximate surface area is 56.1 Å². The molecule has 2 heteroatoms. The lowest BCUT2D eigenvalue weighted by molar-refractivity contribution is 0.218. The Morgan fingerprint density at radius 3 is 2.78 bits per heavy atom. The van der Waals surface area contributed by atoms with E-state index < -0.39 is 0 Å². The minimum absolute atomic E-state index is 0.263. The van der Waals surface area contributed by atoms with Gasteiger partial charge < -0.3 is 9.84 Å². The molecular weight excluding hydrogens is 116 g/mol. The van der Waals surface area contributed by atoms with Crippen molar-refractivity contribution >= 4 is 0 Å². The van der Waals surface area contributed by atoms with Crippen molar-refractivity contribution in [2.45, 2.75) is 19.8 Å². The van der Waals surface area contributed by atoms with Crippen molar-refractivity contribution in [2.75, 3.05) is 13.2 Å². The second kappa shape index (κ2) is 7.50. The van der Waals surface area contributed by atoms with Gasteiger partial charge in [-0.15, -0.1) is 0 Å². The number of rotatable bonds is 5. The molecule has 0 fully saturated rings. The van der Waals surface area contributed by atoms with Gasteiger partial charge in [-0.3, -0.25) is 0 Å². The number of hydrogen-bond donors (Lipinski definition) is 1. The molecule has 0 rings (SSSR count). The molecule has 0 aromatic carbocycles. The van der Waals surface area contributed by atoms with Crippen LogP contribution in [-0.4, -0.2) is 18.3 Å². The lowest BCUT2D eigenvalue weighted by Gasteiger charge is -1.96. The topological polar surface area (TPSA) is 29.5 Å². The first kappa shape index (κ1) is 8.50. The smallest absolute Gasteiger partial charge is 0.0874 e. The first-order valence-electron chi connectivity index (χ1n) is 3.25. The number of ether oxygens (including phenoxy) is 1. The third-order valence-corrected chi connectivity index (χ3v) is 0.903. The number of unbranched alkanes of at least 4 members (excludes halogenated alkanes) is 1. The zero-order chi connectivity index (χ0) is 6.95. The Bertz CT molecular complexity index is 69.3. The van der Waals surface area contributed by atoms with Crippen LogP contribution in [0.1, 0.15) is 19.8 Å². The first-order valence-corrected chi connectivity index (χ1v) is 3.25. The molecule has 0 aliphatic rings. The van der Waals surface area contributed by atoms with E-state index in [1.54, 1.807) is 6.26 Å². The van der Waals surface area contributed by atoms with Crippen LogP contribution in [0.15, 0.2) is 12.3 Å². The molecule has 0 radical (unpaired) electrons. The molecule has 0 aliphatic heterocycles. The van der Waals surface area contributed by atoms with Crippen LogP contribution in [-0.2, 0) is 4.74 Å². The van der Waals surface area contributed by atoms with Crippen molar-refractivity contribution in [2.24, 2.45) is 0 Å². The van der Waals surface area contributed by atoms with Gasteiger partial charge in [0.25, 0.3) is 0 Å². The van der Waals surface area contributed by atoms with E-state index in [2.05, 4.69) is 0 Å². The van der Waals surface area contributed by atoms with Gasteiger partial charge in [0.15, 0.2) is 0 Å². The molecule has 0 atom stereocenters. The molecule has 0 saturated heterocycles. The van der Waals surface area contributed by atoms with Gasteiger partial charge in [-0.2, -0.15) is 0 Å². The summed E-state index contributed by atoms with van der Waals surface area (Å²) in [6.07, 6.45) is 5.27. The molecule has 54 valence electrons. The zero-order valence-electron chi connectivity index (χ0n) is 5.84. The molecule has 0 bridgehead atoms. The van der Waals surface area contributed by atoms with E-state index in [1.807, 2.05) is 13.0 Å². The predicted octanol–water partition coefficient (Wildman–Crippen LogP) is 1.31. The van der Waals surface area contributed by atoms with Crippen molar-refractivity contribution in [1.29, 1.82) is 0 Å². The van der Waals surface area contributed by atoms with Crippen LogP contribution >= 0.6 is 0 Å². The number of hydrogen-bond acceptors (Lipinski definition) is 2. The van der Waals surface area contributed by atoms with Crippen LogP contribution < -0.4 is 0 Å². The van der Waals surface area contributed by atoms with Crippen LogP contribution in [0, 0.1) is 0 Å². The van der Waals surface area contributed by atoms with Gasteiger partial charge in [-0.1, -0.05) is 6.08 Å². The van der Waals surface area contributed by atoms with Crippen molar-refractivity contribution in [3.63, 3.8) is 0 Å². The average molecular weight is 130 g/mol. The van der Waals surface area contributed by atoms with Crippen LogP contribution in [0.2, 0.25) is 0 Å². The fraction of sp³-hybridized carbons (Fsp3) is 0.714. The van der Waals surface area contributed by atoms with Crippen LogP contribution in [0.3, 0.4) is 0 Å². The van der Waals surface area contributed by atoms with Crippen molar-refractivity contribution in [1.82, 2.24) is 0 Å². The first-order chi connectivity index (χ1) is 4.41. The summed E-state index contributed by atoms with van der Waals surface area (Å²) in [5, 5.41) is 8.35. The molecular formula is C7H14O2. The Balaban J connectivity index is 2.75. The summed E-state index contributed by atoms with van der Waals surface area (Å²) < 4.78 is 4.99. The maximum Gasteiger partial charge on any atom is 0.0874 e. The summed E-state index contributed by atoms with van der Waals surface area (Å²) in [5.41, 5.74) is 0. The van der Waals surface area contributed by atoms with E-state index in [1.165, 1.54) is 0 Å². The second-order valence-corrected chi connectivity index (χ2v) is 1.77. The van der Waals surface area contributed by atoms with E-state index in [0.29, 0.717) is 6.61 Å². The molecule has 0 aliphatic carbocycles. The Kier molecular flexibility index (Phi) is 7.08. The molecule has 0 unspecified atom stereocenters. The lowest BCUT2D eigenvalue weighted by Crippen LogP contribution is -1.89. The monoisotopic (exact) mass is 130 g/mol. The summed E-state index contributed by atoms with van der Waals surface area (Å²) in [6.45, 7) is 2.89. The van der Waals surface area contributed by atoms with E-state index >= 15 is 0 Å². The number of allylic oxidation sites excluding steroid dienone is 1. The minimum Gasteiger partial charge on any atom is -0.502 e. The van der Waals surface area contributed by atoms with Crippen LogP contribution in [0.4, 0.5) is 0 Å². The van der Waals surface area contributed by atoms with Gasteiger partial charge in [-0.25, -0.2) is 0 Å². The summed E-state index contributed by atoms with van der Waals surface area (Å²) >= 11 is 0. The highest BCUT2D eigenvalue weighted by Crippen LogP contribution is 1.88. The highest BCUT2D eigenvalue weighted by Gasteiger charge is 1.82. The van der Waals surface area contributed by atoms with Gasteiger partial charge in [0, 0.05) is 6.61 Å². The number of aliphatic hydroxyl groups is 1. The summed E-state index contributed by atoms with van der Waals surface area (Å²) in [7, 11) is 0. The fourth-order valence-corrected chi connectivity index (χ4v) is 0.461. The molecule has 0 spiro atoms. The van der Waals surface area contributed by atoms with Crippen molar-refractivity contribution in [3.8, 4) is 0 Å². The minimum atomic E-state index is 0.263. The molecule has 0 amide bonds. The molecule has 0 heterocycles. The quantitative estimate of drug-likeness (QED) is 0.449. The van der Waals surface area contributed by atoms with Gasteiger partial charge in [-0.05, 0) is 19.8 Å². The predicted molar refractivity (Wildman–Crippen MR) is 37.1 cm³/mol. The van der Waals surface area contributed by atoms with E-state index in [0.717, 1.165) is 12.8 Å². The van der Waals surface area contributed by atoms with Crippen molar-refractivity contribution < 1.29 is 9.84 Å². The van der Waals surface area contributed by atoms with Crippen LogP contribution in [0.5, 0.6) is 0 Å². The van der Waals surface area contributed by atoms with E-state index in [4.69, 9.17) is 9.84 Å². The maximum atomic E-state index is 8.35. The Morgan fingerprint density at radius 2 is 2.22 bits per heavy atom. The molecule has 0 aromatic heterocycles. The second-order valence-electron chi connectivity index (χ2n) is 1.77. The third kappa shape index (κ3) is 7.50. The van der Waals surface area contributed by atoms with E-state index in [9.17, 15) is 0 Å². The Hall–Kier alpha value is -0.500. The summed E-state index contributed by atoms with van der Waals surface area (Å²) in [4.78, 5) is 0. The third-order valence-electron chi connectivity index (χ3n) is 0.903. The maximum absolute atomic E-state index is 8.35. The van der Waals surface area contributed by atoms with E-state index in [-0.39, 0.29) is 6.61 Å². The standard InChI is InChI=1S/C7H14O2/c1-2-6-9-7-4-3-5-8/h2,6,8H,3-5,7H2,1H3. The number of aliphatic hydroxyl groups excluding tert-OH is 1. The van der Waals surface area contributed by atoms with Gasteiger partial charge in [0.2, 0.25) is 0 Å². The van der Waals surface area contributed by atoms with Gasteiger partial charge in [0.05, 0.1) is 12.9 Å². The average Bonchev–Trinajstić information content (AvgIpc) is 1.89. The summed E-state index contributed by atoms with van der Waals surface area (Å²) in [6, 6.07) is 0. The fourth-order valence-electron chi connectivity index (χ4n) is 0.461. The largest absolute Gasteiger partial charge is 0.502 e. The van der Waals surface area contributed by atoms with Crippen molar-refractivity contribution in [3.05, 3.63) is 12.3 Å². The molecule has 2 nitrogen and oxygen atoms in total. The normalized spacial score (nSPS) is 10.4. The highest BCUT2D eigenvalue weighted by atomic mass is 16.5. The molecule has 0 aromatic rings. The summed E-state index contributed by atoms with van der Waals surface area (Å²) in [5.74, 6) is 0. The lowest BCUT2D eigenvalue weighted by atomic mass is 10.3. The highest BCUT2D eigenvalue weighted by molar-refractivity contribution is 4.64. The zero-order valence-corrected chi connectivity index (χ0v) is 5.84. The molecule has 9 heavy (non-hydrogen) atoms. The Morgan fingerprint density at radius 1 is 1.44 bits per heavy atom. The SMILES string of the molecule is CC=COCCCCO. The van der Waals surface area contributed by atoms with Gasteiger partial charge in [0.1, 0.15) is 0 Å².